The Labute approximate surface area is 122 Å². The van der Waals surface area contributed by atoms with Gasteiger partial charge < -0.3 is 9.64 Å². The number of fused-ring (bicyclic) bond motifs is 1. The van der Waals surface area contributed by atoms with E-state index < -0.39 is 11.6 Å². The van der Waals surface area contributed by atoms with Crippen molar-refractivity contribution in [2.45, 2.75) is 12.8 Å². The maximum Gasteiger partial charge on any atom is 0.152 e. The second kappa shape index (κ2) is 5.93. The molecular weight excluding hydrogens is 274 g/mol. The van der Waals surface area contributed by atoms with Crippen LogP contribution in [0.15, 0.2) is 24.4 Å². The molecule has 1 aromatic heterocycles. The molecule has 0 bridgehead atoms. The quantitative estimate of drug-likeness (QED) is 0.867. The minimum atomic E-state index is -0.610. The number of methoxy groups -OCH3 is 1. The Morgan fingerprint density at radius 2 is 2.05 bits per heavy atom. The summed E-state index contributed by atoms with van der Waals surface area (Å²) in [5.41, 5.74) is 1.09. The summed E-state index contributed by atoms with van der Waals surface area (Å²) in [4.78, 5) is 6.21. The predicted octanol–water partition coefficient (Wildman–Crippen LogP) is 3.38. The molecule has 1 fully saturated rings. The topological polar surface area (TPSA) is 25.4 Å². The van der Waals surface area contributed by atoms with E-state index in [4.69, 9.17) is 4.74 Å². The van der Waals surface area contributed by atoms with Crippen LogP contribution in [0.1, 0.15) is 12.8 Å². The van der Waals surface area contributed by atoms with E-state index in [1.165, 1.54) is 6.07 Å². The van der Waals surface area contributed by atoms with E-state index in [1.807, 2.05) is 6.07 Å². The maximum atomic E-state index is 13.8. The standard InChI is InChI=1S/C16H18F2N2O/c1-21-10-11-3-6-20(7-4-11)15-2-5-19-16-13(15)8-12(17)9-14(16)18/h2,5,8-9,11H,3-4,6-7,10H2,1H3. The van der Waals surface area contributed by atoms with E-state index in [0.29, 0.717) is 11.3 Å². The van der Waals surface area contributed by atoms with Gasteiger partial charge in [-0.2, -0.15) is 0 Å². The average Bonchev–Trinajstić information content (AvgIpc) is 2.48. The highest BCUT2D eigenvalue weighted by Gasteiger charge is 2.21. The van der Waals surface area contributed by atoms with Crippen molar-refractivity contribution in [1.82, 2.24) is 4.98 Å². The molecule has 0 atom stereocenters. The minimum absolute atomic E-state index is 0.230. The van der Waals surface area contributed by atoms with Crippen molar-refractivity contribution in [3.8, 4) is 0 Å². The molecule has 2 heterocycles. The van der Waals surface area contributed by atoms with E-state index in [1.54, 1.807) is 13.3 Å². The van der Waals surface area contributed by atoms with Crippen LogP contribution >= 0.6 is 0 Å². The number of rotatable bonds is 3. The Bertz CT molecular complexity index is 639. The SMILES string of the molecule is COCC1CCN(c2ccnc3c(F)cc(F)cc23)CC1. The van der Waals surface area contributed by atoms with Gasteiger partial charge in [-0.1, -0.05) is 0 Å². The van der Waals surface area contributed by atoms with Crippen LogP contribution in [0.2, 0.25) is 0 Å². The highest BCUT2D eigenvalue weighted by molar-refractivity contribution is 5.92. The van der Waals surface area contributed by atoms with Gasteiger partial charge in [0, 0.05) is 50.1 Å². The van der Waals surface area contributed by atoms with Crippen LogP contribution in [0.5, 0.6) is 0 Å². The summed E-state index contributed by atoms with van der Waals surface area (Å²) in [6.07, 6.45) is 3.63. The van der Waals surface area contributed by atoms with Gasteiger partial charge in [0.25, 0.3) is 0 Å². The highest BCUT2D eigenvalue weighted by Crippen LogP contribution is 2.31. The number of nitrogens with zero attached hydrogens (tertiary/aromatic N) is 2. The number of aromatic nitrogens is 1. The van der Waals surface area contributed by atoms with Crippen molar-refractivity contribution in [3.63, 3.8) is 0 Å². The molecule has 0 unspecified atom stereocenters. The summed E-state index contributed by atoms with van der Waals surface area (Å²) in [7, 11) is 1.72. The van der Waals surface area contributed by atoms with E-state index >= 15 is 0 Å². The van der Waals surface area contributed by atoms with Crippen molar-refractivity contribution < 1.29 is 13.5 Å². The third kappa shape index (κ3) is 2.83. The van der Waals surface area contributed by atoms with E-state index in [9.17, 15) is 8.78 Å². The van der Waals surface area contributed by atoms with Crippen molar-refractivity contribution in [1.29, 1.82) is 0 Å². The lowest BCUT2D eigenvalue weighted by atomic mass is 9.97. The van der Waals surface area contributed by atoms with Gasteiger partial charge in [0.15, 0.2) is 5.82 Å². The molecule has 1 aliphatic heterocycles. The first-order valence-electron chi connectivity index (χ1n) is 7.16. The lowest BCUT2D eigenvalue weighted by molar-refractivity contribution is 0.139. The molecule has 0 amide bonds. The van der Waals surface area contributed by atoms with Crippen LogP contribution in [0.3, 0.4) is 0 Å². The molecular formula is C16H18F2N2O. The largest absolute Gasteiger partial charge is 0.384 e. The van der Waals surface area contributed by atoms with Gasteiger partial charge in [0.05, 0.1) is 0 Å². The molecule has 112 valence electrons. The zero-order valence-corrected chi connectivity index (χ0v) is 12.0. The third-order valence-electron chi connectivity index (χ3n) is 4.10. The summed E-state index contributed by atoms with van der Waals surface area (Å²) in [6.45, 7) is 2.50. The van der Waals surface area contributed by atoms with Gasteiger partial charge in [0.1, 0.15) is 11.3 Å². The number of hydrogen-bond acceptors (Lipinski definition) is 3. The Balaban J connectivity index is 1.91. The molecule has 0 N–H and O–H groups in total. The van der Waals surface area contributed by atoms with Gasteiger partial charge in [-0.25, -0.2) is 8.78 Å². The predicted molar refractivity (Wildman–Crippen MR) is 78.5 cm³/mol. The first-order valence-corrected chi connectivity index (χ1v) is 7.16. The van der Waals surface area contributed by atoms with Gasteiger partial charge in [0.2, 0.25) is 0 Å². The molecule has 5 heteroatoms. The molecule has 1 aromatic carbocycles. The zero-order valence-electron chi connectivity index (χ0n) is 12.0. The fourth-order valence-corrected chi connectivity index (χ4v) is 3.02. The molecule has 1 saturated heterocycles. The van der Waals surface area contributed by atoms with Crippen molar-refractivity contribution in [3.05, 3.63) is 36.0 Å². The van der Waals surface area contributed by atoms with Crippen LogP contribution < -0.4 is 4.90 Å². The lowest BCUT2D eigenvalue weighted by Crippen LogP contribution is -2.35. The maximum absolute atomic E-state index is 13.8. The normalized spacial score (nSPS) is 16.6. The minimum Gasteiger partial charge on any atom is -0.384 e. The second-order valence-electron chi connectivity index (χ2n) is 5.50. The van der Waals surface area contributed by atoms with Crippen LogP contribution in [-0.2, 0) is 4.74 Å². The van der Waals surface area contributed by atoms with Gasteiger partial charge in [-0.15, -0.1) is 0 Å². The molecule has 3 nitrogen and oxygen atoms in total. The average molecular weight is 292 g/mol. The van der Waals surface area contributed by atoms with E-state index in [-0.39, 0.29) is 5.52 Å². The van der Waals surface area contributed by atoms with Gasteiger partial charge >= 0.3 is 0 Å². The number of pyridine rings is 1. The molecule has 0 spiro atoms. The fourth-order valence-electron chi connectivity index (χ4n) is 3.02. The number of anilines is 1. The second-order valence-corrected chi connectivity index (χ2v) is 5.50. The molecule has 0 saturated carbocycles. The first-order chi connectivity index (χ1) is 10.2. The third-order valence-corrected chi connectivity index (χ3v) is 4.10. The molecule has 0 aliphatic carbocycles. The monoisotopic (exact) mass is 292 g/mol. The summed E-state index contributed by atoms with van der Waals surface area (Å²) in [5.74, 6) is -0.613. The number of piperidine rings is 1. The van der Waals surface area contributed by atoms with Gasteiger partial charge in [-0.3, -0.25) is 4.98 Å². The van der Waals surface area contributed by atoms with Crippen molar-refractivity contribution in [2.75, 3.05) is 31.7 Å². The zero-order chi connectivity index (χ0) is 14.8. The van der Waals surface area contributed by atoms with Gasteiger partial charge in [-0.05, 0) is 30.9 Å². The van der Waals surface area contributed by atoms with Crippen LogP contribution in [0, 0.1) is 17.6 Å². The Kier molecular flexibility index (Phi) is 4.01. The fraction of sp³-hybridized carbons (Fsp3) is 0.438. The number of halogens is 2. The Morgan fingerprint density at radius 1 is 1.29 bits per heavy atom. The Morgan fingerprint density at radius 3 is 2.76 bits per heavy atom. The van der Waals surface area contributed by atoms with E-state index in [0.717, 1.165) is 44.3 Å². The summed E-state index contributed by atoms with van der Waals surface area (Å²) in [5, 5.41) is 0.542. The number of hydrogen-bond donors (Lipinski definition) is 0. The molecule has 0 radical (unpaired) electrons. The highest BCUT2D eigenvalue weighted by atomic mass is 19.1. The molecule has 1 aliphatic rings. The molecule has 3 rings (SSSR count). The van der Waals surface area contributed by atoms with Crippen LogP contribution in [0.4, 0.5) is 14.5 Å². The lowest BCUT2D eigenvalue weighted by Gasteiger charge is -2.33. The Hall–Kier alpha value is -1.75. The van der Waals surface area contributed by atoms with E-state index in [2.05, 4.69) is 9.88 Å². The summed E-state index contributed by atoms with van der Waals surface area (Å²) in [6, 6.07) is 4.07. The van der Waals surface area contributed by atoms with Crippen molar-refractivity contribution in [2.24, 2.45) is 5.92 Å². The molecule has 21 heavy (non-hydrogen) atoms. The number of ether oxygens (including phenoxy) is 1. The van der Waals surface area contributed by atoms with Crippen LogP contribution in [-0.4, -0.2) is 31.8 Å². The smallest absolute Gasteiger partial charge is 0.152 e. The molecule has 2 aromatic rings. The van der Waals surface area contributed by atoms with Crippen molar-refractivity contribution >= 4 is 16.6 Å². The van der Waals surface area contributed by atoms with Crippen LogP contribution in [0.25, 0.3) is 10.9 Å². The summed E-state index contributed by atoms with van der Waals surface area (Å²) < 4.78 is 32.5. The number of benzene rings is 1. The first kappa shape index (κ1) is 14.2. The summed E-state index contributed by atoms with van der Waals surface area (Å²) >= 11 is 0.